The van der Waals surface area contributed by atoms with Gasteiger partial charge < -0.3 is 19.8 Å². The summed E-state index contributed by atoms with van der Waals surface area (Å²) in [4.78, 5) is 23.0. The number of methoxy groups -OCH3 is 1. The fraction of sp³-hybridized carbons (Fsp3) is 0.231. The minimum Gasteiger partial charge on any atom is -0.476 e. The molecule has 0 aliphatic heterocycles. The molecule has 1 heterocycles. The third kappa shape index (κ3) is 2.52. The van der Waals surface area contributed by atoms with Crippen LogP contribution in [0.5, 0.6) is 5.75 Å². The van der Waals surface area contributed by atoms with Crippen LogP contribution >= 0.6 is 0 Å². The van der Waals surface area contributed by atoms with Gasteiger partial charge in [0, 0.05) is 18.1 Å². The Morgan fingerprint density at radius 1 is 1.37 bits per heavy atom. The zero-order valence-corrected chi connectivity index (χ0v) is 10.7. The van der Waals surface area contributed by atoms with Crippen LogP contribution in [0.4, 0.5) is 5.69 Å². The molecule has 2 aromatic rings. The average Bonchev–Trinajstić information content (AvgIpc) is 2.40. The van der Waals surface area contributed by atoms with Gasteiger partial charge in [0.25, 0.3) is 5.56 Å². The summed E-state index contributed by atoms with van der Waals surface area (Å²) in [5.74, 6) is -0.458. The van der Waals surface area contributed by atoms with Gasteiger partial charge in [-0.25, -0.2) is 4.79 Å². The van der Waals surface area contributed by atoms with Gasteiger partial charge in [-0.3, -0.25) is 4.79 Å². The van der Waals surface area contributed by atoms with E-state index in [1.807, 2.05) is 0 Å². The highest BCUT2D eigenvalue weighted by atomic mass is 16.6. The van der Waals surface area contributed by atoms with Crippen molar-refractivity contribution in [2.75, 3.05) is 19.5 Å². The first kappa shape index (κ1) is 12.9. The van der Waals surface area contributed by atoms with Crippen molar-refractivity contribution in [2.45, 2.75) is 0 Å². The molecule has 6 nitrogen and oxygen atoms in total. The standard InChI is InChI=1S/C13H14N2O4/c1-15-10-4-3-9(14)5-8(10)6-11(13(15)17)19-7-12(16)18-2/h3-6H,7,14H2,1-2H3. The van der Waals surface area contributed by atoms with Crippen molar-refractivity contribution in [3.8, 4) is 5.75 Å². The van der Waals surface area contributed by atoms with Crippen LogP contribution in [-0.4, -0.2) is 24.3 Å². The molecular weight excluding hydrogens is 248 g/mol. The van der Waals surface area contributed by atoms with Gasteiger partial charge in [0.2, 0.25) is 0 Å². The first-order chi connectivity index (χ1) is 9.02. The first-order valence-electron chi connectivity index (χ1n) is 5.62. The molecule has 2 rings (SSSR count). The Morgan fingerprint density at radius 3 is 2.79 bits per heavy atom. The predicted molar refractivity (Wildman–Crippen MR) is 71.1 cm³/mol. The minimum atomic E-state index is -0.547. The zero-order chi connectivity index (χ0) is 14.0. The maximum Gasteiger partial charge on any atom is 0.343 e. The van der Waals surface area contributed by atoms with Crippen molar-refractivity contribution in [1.29, 1.82) is 0 Å². The van der Waals surface area contributed by atoms with Crippen LogP contribution in [0, 0.1) is 0 Å². The van der Waals surface area contributed by atoms with Gasteiger partial charge in [-0.2, -0.15) is 0 Å². The molecule has 0 saturated heterocycles. The Labute approximate surface area is 109 Å². The summed E-state index contributed by atoms with van der Waals surface area (Å²) in [6.45, 7) is -0.306. The second-order valence-electron chi connectivity index (χ2n) is 4.06. The molecule has 0 unspecified atom stereocenters. The number of anilines is 1. The SMILES string of the molecule is COC(=O)COc1cc2cc(N)ccc2n(C)c1=O. The number of nitrogens with zero attached hydrogens (tertiary/aromatic N) is 1. The summed E-state index contributed by atoms with van der Waals surface area (Å²) in [5.41, 5.74) is 6.71. The van der Waals surface area contributed by atoms with E-state index in [2.05, 4.69) is 4.74 Å². The summed E-state index contributed by atoms with van der Waals surface area (Å²) >= 11 is 0. The zero-order valence-electron chi connectivity index (χ0n) is 10.7. The summed E-state index contributed by atoms with van der Waals surface area (Å²) in [5, 5.41) is 0.766. The minimum absolute atomic E-state index is 0.0889. The molecule has 0 atom stereocenters. The van der Waals surface area contributed by atoms with E-state index >= 15 is 0 Å². The number of carbonyl (C=O) groups excluding carboxylic acids is 1. The monoisotopic (exact) mass is 262 g/mol. The number of benzene rings is 1. The fourth-order valence-electron chi connectivity index (χ4n) is 1.77. The average molecular weight is 262 g/mol. The number of nitrogens with two attached hydrogens (primary N) is 1. The Hall–Kier alpha value is -2.50. The van der Waals surface area contributed by atoms with Gasteiger partial charge in [-0.05, 0) is 24.3 Å². The quantitative estimate of drug-likeness (QED) is 0.649. The summed E-state index contributed by atoms with van der Waals surface area (Å²) in [7, 11) is 2.89. The molecule has 0 radical (unpaired) electrons. The number of pyridine rings is 1. The Kier molecular flexibility index (Phi) is 3.41. The lowest BCUT2D eigenvalue weighted by molar-refractivity contribution is -0.142. The summed E-state index contributed by atoms with van der Waals surface area (Å²) < 4.78 is 11.1. The van der Waals surface area contributed by atoms with Crippen LogP contribution in [0.2, 0.25) is 0 Å². The molecule has 0 amide bonds. The van der Waals surface area contributed by atoms with Crippen molar-refractivity contribution < 1.29 is 14.3 Å². The van der Waals surface area contributed by atoms with Gasteiger partial charge >= 0.3 is 5.97 Å². The van der Waals surface area contributed by atoms with Crippen LogP contribution in [-0.2, 0) is 16.6 Å². The maximum atomic E-state index is 12.0. The van der Waals surface area contributed by atoms with Crippen molar-refractivity contribution in [2.24, 2.45) is 7.05 Å². The number of nitrogen functional groups attached to an aromatic ring is 1. The van der Waals surface area contributed by atoms with Crippen LogP contribution in [0.25, 0.3) is 10.9 Å². The summed E-state index contributed by atoms with van der Waals surface area (Å²) in [6, 6.07) is 6.78. The highest BCUT2D eigenvalue weighted by molar-refractivity contribution is 5.83. The fourth-order valence-corrected chi connectivity index (χ4v) is 1.77. The van der Waals surface area contributed by atoms with Crippen molar-refractivity contribution >= 4 is 22.6 Å². The molecule has 19 heavy (non-hydrogen) atoms. The van der Waals surface area contributed by atoms with Crippen LogP contribution in [0.3, 0.4) is 0 Å². The van der Waals surface area contributed by atoms with Crippen LogP contribution in [0.1, 0.15) is 0 Å². The molecular formula is C13H14N2O4. The maximum absolute atomic E-state index is 12.0. The Morgan fingerprint density at radius 2 is 2.11 bits per heavy atom. The van der Waals surface area contributed by atoms with Gasteiger partial charge in [-0.1, -0.05) is 0 Å². The first-order valence-corrected chi connectivity index (χ1v) is 5.62. The van der Waals surface area contributed by atoms with Crippen molar-refractivity contribution in [1.82, 2.24) is 4.57 Å². The molecule has 1 aromatic heterocycles. The van der Waals surface area contributed by atoms with Crippen molar-refractivity contribution in [3.63, 3.8) is 0 Å². The number of fused-ring (bicyclic) bond motifs is 1. The Bertz CT molecular complexity index is 691. The second-order valence-corrected chi connectivity index (χ2v) is 4.06. The van der Waals surface area contributed by atoms with E-state index in [1.54, 1.807) is 31.3 Å². The van der Waals surface area contributed by atoms with Gasteiger partial charge in [-0.15, -0.1) is 0 Å². The van der Waals surface area contributed by atoms with Gasteiger partial charge in [0.05, 0.1) is 12.6 Å². The van der Waals surface area contributed by atoms with E-state index in [-0.39, 0.29) is 17.9 Å². The number of hydrogen-bond acceptors (Lipinski definition) is 5. The van der Waals surface area contributed by atoms with Gasteiger partial charge in [0.15, 0.2) is 12.4 Å². The number of aromatic nitrogens is 1. The molecule has 100 valence electrons. The number of esters is 1. The van der Waals surface area contributed by atoms with Crippen LogP contribution < -0.4 is 16.0 Å². The molecule has 0 fully saturated rings. The molecule has 0 aliphatic carbocycles. The van der Waals surface area contributed by atoms with E-state index in [0.717, 1.165) is 10.9 Å². The summed E-state index contributed by atoms with van der Waals surface area (Å²) in [6.07, 6.45) is 0. The molecule has 2 N–H and O–H groups in total. The van der Waals surface area contributed by atoms with E-state index < -0.39 is 5.97 Å². The Balaban J connectivity index is 2.47. The third-order valence-corrected chi connectivity index (χ3v) is 2.79. The van der Waals surface area contributed by atoms with Crippen molar-refractivity contribution in [3.05, 3.63) is 34.6 Å². The molecule has 0 spiro atoms. The van der Waals surface area contributed by atoms with E-state index in [0.29, 0.717) is 5.69 Å². The van der Waals surface area contributed by atoms with E-state index in [9.17, 15) is 9.59 Å². The second kappa shape index (κ2) is 5.01. The largest absolute Gasteiger partial charge is 0.476 e. The van der Waals surface area contributed by atoms with E-state index in [1.165, 1.54) is 11.7 Å². The number of ether oxygens (including phenoxy) is 2. The number of carbonyl (C=O) groups is 1. The van der Waals surface area contributed by atoms with Crippen LogP contribution in [0.15, 0.2) is 29.1 Å². The predicted octanol–water partition coefficient (Wildman–Crippen LogP) is 0.672. The smallest absolute Gasteiger partial charge is 0.343 e. The van der Waals surface area contributed by atoms with E-state index in [4.69, 9.17) is 10.5 Å². The molecule has 0 saturated carbocycles. The highest BCUT2D eigenvalue weighted by Crippen LogP contribution is 2.19. The molecule has 6 heteroatoms. The number of aryl methyl sites for hydroxylation is 1. The lowest BCUT2D eigenvalue weighted by atomic mass is 10.2. The number of rotatable bonds is 3. The lowest BCUT2D eigenvalue weighted by Gasteiger charge is -2.10. The lowest BCUT2D eigenvalue weighted by Crippen LogP contribution is -2.22. The topological polar surface area (TPSA) is 83.5 Å². The molecule has 0 bridgehead atoms. The molecule has 1 aromatic carbocycles. The van der Waals surface area contributed by atoms with Gasteiger partial charge in [0.1, 0.15) is 0 Å². The number of hydrogen-bond donors (Lipinski definition) is 1. The highest BCUT2D eigenvalue weighted by Gasteiger charge is 2.10. The molecule has 0 aliphatic rings. The normalized spacial score (nSPS) is 10.4. The third-order valence-electron chi connectivity index (χ3n) is 2.79.